The van der Waals surface area contributed by atoms with E-state index in [0.717, 1.165) is 12.5 Å². The van der Waals surface area contributed by atoms with Crippen molar-refractivity contribution < 1.29 is 23.1 Å². The van der Waals surface area contributed by atoms with Gasteiger partial charge in [0.15, 0.2) is 0 Å². The lowest BCUT2D eigenvalue weighted by Crippen LogP contribution is -2.43. The SMILES string of the molecule is Cc1cc(C(F)(F)F)cc(O)c1-c1ccc(C(C)(C)N2CCCC2=O)nn1. The molecule has 1 aliphatic heterocycles. The van der Waals surface area contributed by atoms with E-state index >= 15 is 0 Å². The van der Waals surface area contributed by atoms with Crippen molar-refractivity contribution in [3.8, 4) is 17.0 Å². The van der Waals surface area contributed by atoms with Crippen LogP contribution in [-0.4, -0.2) is 32.7 Å². The van der Waals surface area contributed by atoms with Gasteiger partial charge in [-0.15, -0.1) is 0 Å². The summed E-state index contributed by atoms with van der Waals surface area (Å²) >= 11 is 0. The Morgan fingerprint density at radius 3 is 2.33 bits per heavy atom. The molecule has 5 nitrogen and oxygen atoms in total. The van der Waals surface area contributed by atoms with Gasteiger partial charge in [-0.3, -0.25) is 4.79 Å². The lowest BCUT2D eigenvalue weighted by molar-refractivity contribution is -0.137. The molecule has 1 amide bonds. The van der Waals surface area contributed by atoms with Gasteiger partial charge in [0.1, 0.15) is 5.75 Å². The van der Waals surface area contributed by atoms with E-state index in [1.54, 1.807) is 17.0 Å². The van der Waals surface area contributed by atoms with Crippen molar-refractivity contribution in [2.24, 2.45) is 0 Å². The highest BCUT2D eigenvalue weighted by Gasteiger charge is 2.37. The van der Waals surface area contributed by atoms with Crippen molar-refractivity contribution in [2.45, 2.75) is 45.3 Å². The molecule has 0 unspecified atom stereocenters. The number of phenols is 1. The monoisotopic (exact) mass is 379 g/mol. The summed E-state index contributed by atoms with van der Waals surface area (Å²) in [6.45, 7) is 5.88. The second-order valence-electron chi connectivity index (χ2n) is 7.20. The summed E-state index contributed by atoms with van der Waals surface area (Å²) in [4.78, 5) is 13.8. The number of amides is 1. The summed E-state index contributed by atoms with van der Waals surface area (Å²) in [6.07, 6.45) is -3.23. The number of aryl methyl sites for hydroxylation is 1. The van der Waals surface area contributed by atoms with Crippen LogP contribution in [0.5, 0.6) is 5.75 Å². The molecule has 27 heavy (non-hydrogen) atoms. The number of nitrogens with zero attached hydrogens (tertiary/aromatic N) is 3. The fourth-order valence-electron chi connectivity index (χ4n) is 3.43. The summed E-state index contributed by atoms with van der Waals surface area (Å²) in [7, 11) is 0. The van der Waals surface area contributed by atoms with Gasteiger partial charge in [0, 0.05) is 18.5 Å². The number of carbonyl (C=O) groups is 1. The predicted molar refractivity (Wildman–Crippen MR) is 92.8 cm³/mol. The fourth-order valence-corrected chi connectivity index (χ4v) is 3.43. The number of hydrogen-bond acceptors (Lipinski definition) is 4. The average Bonchev–Trinajstić information content (AvgIpc) is 3.01. The maximum absolute atomic E-state index is 12.9. The number of rotatable bonds is 3. The second-order valence-corrected chi connectivity index (χ2v) is 7.20. The summed E-state index contributed by atoms with van der Waals surface area (Å²) < 4.78 is 38.6. The minimum Gasteiger partial charge on any atom is -0.507 e. The number of likely N-dealkylation sites (tertiary alicyclic amines) is 1. The average molecular weight is 379 g/mol. The zero-order valence-electron chi connectivity index (χ0n) is 15.3. The van der Waals surface area contributed by atoms with Crippen molar-refractivity contribution in [2.75, 3.05) is 6.54 Å². The van der Waals surface area contributed by atoms with Gasteiger partial charge in [-0.1, -0.05) is 0 Å². The molecule has 144 valence electrons. The topological polar surface area (TPSA) is 66.3 Å². The minimum atomic E-state index is -4.54. The lowest BCUT2D eigenvalue weighted by atomic mass is 9.96. The predicted octanol–water partition coefficient (Wildman–Crippen LogP) is 4.03. The molecule has 1 fully saturated rings. The first-order valence-electron chi connectivity index (χ1n) is 8.57. The number of aromatic nitrogens is 2. The molecule has 0 saturated carbocycles. The molecule has 1 aromatic carbocycles. The van der Waals surface area contributed by atoms with Crippen LogP contribution in [0.2, 0.25) is 0 Å². The zero-order valence-corrected chi connectivity index (χ0v) is 15.3. The van der Waals surface area contributed by atoms with Crippen molar-refractivity contribution in [3.05, 3.63) is 41.1 Å². The number of alkyl halides is 3. The van der Waals surface area contributed by atoms with E-state index in [-0.39, 0.29) is 22.7 Å². The van der Waals surface area contributed by atoms with Gasteiger partial charge in [-0.25, -0.2) is 0 Å². The fraction of sp³-hybridized carbons (Fsp3) is 0.421. The maximum Gasteiger partial charge on any atom is 0.416 e. The highest BCUT2D eigenvalue weighted by molar-refractivity contribution is 5.79. The third-order valence-corrected chi connectivity index (χ3v) is 4.94. The summed E-state index contributed by atoms with van der Waals surface area (Å²) in [5, 5.41) is 18.4. The van der Waals surface area contributed by atoms with E-state index in [1.807, 2.05) is 13.8 Å². The Labute approximate surface area is 154 Å². The minimum absolute atomic E-state index is 0.0575. The Bertz CT molecular complexity index is 854. The largest absolute Gasteiger partial charge is 0.507 e. The van der Waals surface area contributed by atoms with Crippen molar-refractivity contribution >= 4 is 5.91 Å². The first-order valence-corrected chi connectivity index (χ1v) is 8.57. The molecule has 1 aliphatic rings. The molecule has 1 N–H and O–H groups in total. The molecule has 1 aromatic heterocycles. The molecule has 0 bridgehead atoms. The molecule has 1 saturated heterocycles. The van der Waals surface area contributed by atoms with E-state index < -0.39 is 23.0 Å². The molecule has 2 aromatic rings. The number of phenolic OH excluding ortho intramolecular Hbond substituents is 1. The van der Waals surface area contributed by atoms with Crippen LogP contribution in [0.15, 0.2) is 24.3 Å². The van der Waals surface area contributed by atoms with Crippen LogP contribution in [0.3, 0.4) is 0 Å². The summed E-state index contributed by atoms with van der Waals surface area (Å²) in [5.74, 6) is -0.444. The van der Waals surface area contributed by atoms with Gasteiger partial charge < -0.3 is 10.0 Å². The van der Waals surface area contributed by atoms with Crippen LogP contribution < -0.4 is 0 Å². The normalized spacial score (nSPS) is 15.5. The van der Waals surface area contributed by atoms with Gasteiger partial charge in [0.25, 0.3) is 0 Å². The van der Waals surface area contributed by atoms with Crippen LogP contribution >= 0.6 is 0 Å². The quantitative estimate of drug-likeness (QED) is 0.874. The molecule has 3 rings (SSSR count). The summed E-state index contributed by atoms with van der Waals surface area (Å²) in [5.41, 5.74) is -0.261. The number of carbonyl (C=O) groups excluding carboxylic acids is 1. The zero-order chi connectivity index (χ0) is 20.0. The van der Waals surface area contributed by atoms with Crippen LogP contribution in [0.1, 0.15) is 43.5 Å². The molecule has 2 heterocycles. The van der Waals surface area contributed by atoms with E-state index in [4.69, 9.17) is 0 Å². The Morgan fingerprint density at radius 2 is 1.85 bits per heavy atom. The van der Waals surface area contributed by atoms with Crippen molar-refractivity contribution in [1.82, 2.24) is 15.1 Å². The smallest absolute Gasteiger partial charge is 0.416 e. The van der Waals surface area contributed by atoms with E-state index in [2.05, 4.69) is 10.2 Å². The third kappa shape index (κ3) is 3.48. The van der Waals surface area contributed by atoms with Crippen LogP contribution in [0, 0.1) is 6.92 Å². The van der Waals surface area contributed by atoms with Gasteiger partial charge in [-0.2, -0.15) is 23.4 Å². The lowest BCUT2D eigenvalue weighted by Gasteiger charge is -2.34. The molecular weight excluding hydrogens is 359 g/mol. The first kappa shape index (κ1) is 19.1. The molecule has 0 aliphatic carbocycles. The number of benzene rings is 1. The Hall–Kier alpha value is -2.64. The van der Waals surface area contributed by atoms with Crippen LogP contribution in [0.25, 0.3) is 11.3 Å². The van der Waals surface area contributed by atoms with Gasteiger partial charge in [0.05, 0.1) is 22.5 Å². The summed E-state index contributed by atoms with van der Waals surface area (Å²) in [6, 6.07) is 4.94. The second kappa shape index (κ2) is 6.51. The number of hydrogen-bond donors (Lipinski definition) is 1. The molecule has 0 radical (unpaired) electrons. The maximum atomic E-state index is 12.9. The van der Waals surface area contributed by atoms with E-state index in [0.29, 0.717) is 24.7 Å². The molecular formula is C19H20F3N3O2. The Morgan fingerprint density at radius 1 is 1.15 bits per heavy atom. The number of aromatic hydroxyl groups is 1. The van der Waals surface area contributed by atoms with E-state index in [9.17, 15) is 23.1 Å². The molecule has 0 atom stereocenters. The first-order chi connectivity index (χ1) is 12.5. The van der Waals surface area contributed by atoms with Gasteiger partial charge in [0.2, 0.25) is 5.91 Å². The van der Waals surface area contributed by atoms with Gasteiger partial charge in [-0.05, 0) is 57.0 Å². The van der Waals surface area contributed by atoms with Gasteiger partial charge >= 0.3 is 6.18 Å². The standard InChI is InChI=1S/C19H20F3N3O2/c1-11-9-12(19(20,21)22)10-14(26)17(11)13-6-7-15(24-23-13)18(2,3)25-8-4-5-16(25)27/h6-7,9-10,26H,4-5,8H2,1-3H3. The van der Waals surface area contributed by atoms with Crippen molar-refractivity contribution in [3.63, 3.8) is 0 Å². The highest BCUT2D eigenvalue weighted by atomic mass is 19.4. The van der Waals surface area contributed by atoms with Crippen LogP contribution in [-0.2, 0) is 16.5 Å². The van der Waals surface area contributed by atoms with Crippen molar-refractivity contribution in [1.29, 1.82) is 0 Å². The third-order valence-electron chi connectivity index (χ3n) is 4.94. The Balaban J connectivity index is 1.95. The number of halogens is 3. The van der Waals surface area contributed by atoms with E-state index in [1.165, 1.54) is 6.92 Å². The highest BCUT2D eigenvalue weighted by Crippen LogP contribution is 2.38. The van der Waals surface area contributed by atoms with Crippen LogP contribution in [0.4, 0.5) is 13.2 Å². The molecule has 0 spiro atoms. The Kier molecular flexibility index (Phi) is 4.61. The molecule has 8 heteroatoms.